The first-order valence-corrected chi connectivity index (χ1v) is 12.0. The van der Waals surface area contributed by atoms with Crippen LogP contribution in [0.4, 0.5) is 9.18 Å². The van der Waals surface area contributed by atoms with Crippen molar-refractivity contribution < 1.29 is 28.6 Å². The van der Waals surface area contributed by atoms with Gasteiger partial charge in [0.05, 0.1) is 13.2 Å². The van der Waals surface area contributed by atoms with E-state index in [-0.39, 0.29) is 38.2 Å². The number of allylic oxidation sites excluding steroid dienone is 3. The molecule has 1 heterocycles. The number of rotatable bonds is 14. The Morgan fingerprint density at radius 2 is 1.82 bits per heavy atom. The van der Waals surface area contributed by atoms with Crippen LogP contribution in [0.15, 0.2) is 49.0 Å². The maximum absolute atomic E-state index is 12.8. The SMILES string of the molecule is C=C(F)/C=C(/OCCOCCNC(=O)O)C(=C)C(C)C.C=CC(=O)N1C(CC)CCC1CCC. The third kappa shape index (κ3) is 12.6. The largest absolute Gasteiger partial charge is 0.491 e. The van der Waals surface area contributed by atoms with Crippen LogP contribution in [0.1, 0.15) is 59.8 Å². The second kappa shape index (κ2) is 17.8. The molecular formula is C26H43FN2O5. The van der Waals surface area contributed by atoms with Crippen molar-refractivity contribution in [3.05, 3.63) is 49.0 Å². The molecule has 0 spiro atoms. The first-order valence-electron chi connectivity index (χ1n) is 12.0. The number of hydrogen-bond acceptors (Lipinski definition) is 4. The first-order chi connectivity index (χ1) is 16.1. The van der Waals surface area contributed by atoms with E-state index in [9.17, 15) is 14.0 Å². The highest BCUT2D eigenvalue weighted by molar-refractivity contribution is 5.87. The van der Waals surface area contributed by atoms with E-state index in [4.69, 9.17) is 14.6 Å². The fraction of sp³-hybridized carbons (Fsp3) is 0.615. The fourth-order valence-corrected chi connectivity index (χ4v) is 3.64. The van der Waals surface area contributed by atoms with Gasteiger partial charge >= 0.3 is 6.09 Å². The van der Waals surface area contributed by atoms with Crippen LogP contribution < -0.4 is 5.32 Å². The Hall–Kier alpha value is -2.61. The Bertz CT molecular complexity index is 705. The van der Waals surface area contributed by atoms with E-state index >= 15 is 0 Å². The number of carboxylic acid groups (broad SMARTS) is 1. The molecule has 1 fully saturated rings. The highest BCUT2D eigenvalue weighted by atomic mass is 19.1. The second-order valence-corrected chi connectivity index (χ2v) is 8.36. The van der Waals surface area contributed by atoms with Crippen molar-refractivity contribution in [1.82, 2.24) is 10.2 Å². The van der Waals surface area contributed by atoms with Gasteiger partial charge in [-0.2, -0.15) is 0 Å². The van der Waals surface area contributed by atoms with Crippen LogP contribution in [0.25, 0.3) is 0 Å². The maximum Gasteiger partial charge on any atom is 0.404 e. The molecule has 0 saturated carbocycles. The van der Waals surface area contributed by atoms with Crippen molar-refractivity contribution in [2.45, 2.75) is 71.9 Å². The normalized spacial score (nSPS) is 17.6. The third-order valence-electron chi connectivity index (χ3n) is 5.45. The van der Waals surface area contributed by atoms with Crippen LogP contribution in [0.3, 0.4) is 0 Å². The summed E-state index contributed by atoms with van der Waals surface area (Å²) in [5, 5.41) is 10.5. The van der Waals surface area contributed by atoms with Crippen molar-refractivity contribution in [2.24, 2.45) is 5.92 Å². The number of carbonyl (C=O) groups excluding carboxylic acids is 1. The Morgan fingerprint density at radius 1 is 1.18 bits per heavy atom. The zero-order chi connectivity index (χ0) is 26.1. The molecule has 0 radical (unpaired) electrons. The average molecular weight is 483 g/mol. The van der Waals surface area contributed by atoms with Gasteiger partial charge in [0.25, 0.3) is 0 Å². The second-order valence-electron chi connectivity index (χ2n) is 8.36. The summed E-state index contributed by atoms with van der Waals surface area (Å²) >= 11 is 0. The third-order valence-corrected chi connectivity index (χ3v) is 5.45. The van der Waals surface area contributed by atoms with Crippen LogP contribution in [0, 0.1) is 5.92 Å². The molecule has 2 amide bonds. The van der Waals surface area contributed by atoms with E-state index in [1.807, 2.05) is 13.8 Å². The molecule has 1 aliphatic heterocycles. The van der Waals surface area contributed by atoms with Crippen LogP contribution >= 0.6 is 0 Å². The Morgan fingerprint density at radius 3 is 2.32 bits per heavy atom. The van der Waals surface area contributed by atoms with Crippen molar-refractivity contribution in [3.8, 4) is 0 Å². The van der Waals surface area contributed by atoms with Gasteiger partial charge in [-0.1, -0.05) is 53.9 Å². The zero-order valence-electron chi connectivity index (χ0n) is 21.3. The molecule has 1 rings (SSSR count). The van der Waals surface area contributed by atoms with Gasteiger partial charge < -0.3 is 24.8 Å². The molecule has 2 atom stereocenters. The van der Waals surface area contributed by atoms with Gasteiger partial charge in [0, 0.05) is 24.7 Å². The Kier molecular flexibility index (Phi) is 16.4. The Labute approximate surface area is 204 Å². The van der Waals surface area contributed by atoms with Crippen LogP contribution in [-0.4, -0.2) is 60.5 Å². The molecule has 8 heteroatoms. The number of nitrogens with zero attached hydrogens (tertiary/aromatic N) is 1. The summed E-state index contributed by atoms with van der Waals surface area (Å²) in [6.45, 7) is 19.7. The number of hydrogen-bond donors (Lipinski definition) is 2. The lowest BCUT2D eigenvalue weighted by Crippen LogP contribution is -2.39. The fourth-order valence-electron chi connectivity index (χ4n) is 3.64. The van der Waals surface area contributed by atoms with Crippen LogP contribution in [-0.2, 0) is 14.3 Å². The summed E-state index contributed by atoms with van der Waals surface area (Å²) in [4.78, 5) is 23.9. The van der Waals surface area contributed by atoms with Crippen molar-refractivity contribution in [1.29, 1.82) is 0 Å². The topological polar surface area (TPSA) is 88.1 Å². The van der Waals surface area contributed by atoms with E-state index in [0.29, 0.717) is 23.4 Å². The lowest BCUT2D eigenvalue weighted by molar-refractivity contribution is -0.129. The lowest BCUT2D eigenvalue weighted by atomic mass is 10.0. The molecule has 0 aliphatic carbocycles. The minimum absolute atomic E-state index is 0.118. The standard InChI is InChI=1S/C14H22FNO4.C12H21NO/c1-10(2)12(4)13(9-11(3)15)20-8-7-19-6-5-16-14(17)18;1-4-7-11-9-8-10(5-2)13(11)12(14)6-3/h9-10,16H,3-8H2,1-2H3,(H,17,18);6,10-11H,3-5,7-9H2,1-2H3/b13-9+;. The molecule has 7 nitrogen and oxygen atoms in total. The van der Waals surface area contributed by atoms with Crippen LogP contribution in [0.5, 0.6) is 0 Å². The molecule has 0 aromatic heterocycles. The van der Waals surface area contributed by atoms with Crippen molar-refractivity contribution >= 4 is 12.0 Å². The van der Waals surface area contributed by atoms with Gasteiger partial charge in [-0.3, -0.25) is 4.79 Å². The molecule has 2 unspecified atom stereocenters. The van der Waals surface area contributed by atoms with E-state index < -0.39 is 11.9 Å². The molecule has 34 heavy (non-hydrogen) atoms. The molecular weight excluding hydrogens is 439 g/mol. The molecule has 2 N–H and O–H groups in total. The minimum atomic E-state index is -1.09. The van der Waals surface area contributed by atoms with Gasteiger partial charge in [-0.25, -0.2) is 9.18 Å². The minimum Gasteiger partial charge on any atom is -0.491 e. The smallest absolute Gasteiger partial charge is 0.404 e. The van der Waals surface area contributed by atoms with Gasteiger partial charge in [0.2, 0.25) is 5.91 Å². The summed E-state index contributed by atoms with van der Waals surface area (Å²) in [5.41, 5.74) is 0.677. The predicted molar refractivity (Wildman–Crippen MR) is 134 cm³/mol. The number of ether oxygens (including phenoxy) is 2. The van der Waals surface area contributed by atoms with E-state index in [1.165, 1.54) is 25.0 Å². The first kappa shape index (κ1) is 31.4. The monoisotopic (exact) mass is 482 g/mol. The van der Waals surface area contributed by atoms with Crippen LogP contribution in [0.2, 0.25) is 0 Å². The van der Waals surface area contributed by atoms with Gasteiger partial charge in [0.1, 0.15) is 18.2 Å². The molecule has 0 aromatic carbocycles. The zero-order valence-corrected chi connectivity index (χ0v) is 21.3. The molecule has 194 valence electrons. The summed E-state index contributed by atoms with van der Waals surface area (Å²) in [6, 6.07) is 0.924. The predicted octanol–water partition coefficient (Wildman–Crippen LogP) is 5.61. The summed E-state index contributed by atoms with van der Waals surface area (Å²) in [7, 11) is 0. The van der Waals surface area contributed by atoms with E-state index in [2.05, 4.69) is 43.8 Å². The molecule has 0 bridgehead atoms. The van der Waals surface area contributed by atoms with Gasteiger partial charge in [-0.05, 0) is 43.3 Å². The maximum atomic E-state index is 12.8. The van der Waals surface area contributed by atoms with Gasteiger partial charge in [0.15, 0.2) is 0 Å². The summed E-state index contributed by atoms with van der Waals surface area (Å²) in [6.07, 6.45) is 7.25. The van der Waals surface area contributed by atoms with Crippen molar-refractivity contribution in [2.75, 3.05) is 26.4 Å². The quantitative estimate of drug-likeness (QED) is 0.145. The van der Waals surface area contributed by atoms with E-state index in [0.717, 1.165) is 19.3 Å². The van der Waals surface area contributed by atoms with E-state index in [1.54, 1.807) is 0 Å². The van der Waals surface area contributed by atoms with Crippen molar-refractivity contribution in [3.63, 3.8) is 0 Å². The average Bonchev–Trinajstić information content (AvgIpc) is 3.19. The molecule has 1 saturated heterocycles. The number of amides is 2. The number of halogens is 1. The summed E-state index contributed by atoms with van der Waals surface area (Å²) < 4.78 is 23.4. The molecule has 1 aliphatic rings. The van der Waals surface area contributed by atoms with Gasteiger partial charge in [-0.15, -0.1) is 0 Å². The number of carbonyl (C=O) groups is 2. The lowest BCUT2D eigenvalue weighted by Gasteiger charge is -2.28. The molecule has 0 aromatic rings. The summed E-state index contributed by atoms with van der Waals surface area (Å²) in [5.74, 6) is -0.0118. The highest BCUT2D eigenvalue weighted by Crippen LogP contribution is 2.29. The number of nitrogens with one attached hydrogen (secondary N) is 1. The highest BCUT2D eigenvalue weighted by Gasteiger charge is 2.33. The Balaban J connectivity index is 0.000000679. The number of likely N-dealkylation sites (tertiary alicyclic amines) is 1.